The highest BCUT2D eigenvalue weighted by Crippen LogP contribution is 2.23. The predicted octanol–water partition coefficient (Wildman–Crippen LogP) is 4.56. The van der Waals surface area contributed by atoms with Crippen molar-refractivity contribution in [1.82, 2.24) is 5.43 Å². The Morgan fingerprint density at radius 3 is 2.86 bits per heavy atom. The fraction of sp³-hybridized carbons (Fsp3) is 0. The topological polar surface area (TPSA) is 54.6 Å². The Labute approximate surface area is 148 Å². The molecule has 3 aromatic rings. The van der Waals surface area contributed by atoms with Crippen LogP contribution in [0.2, 0.25) is 0 Å². The van der Waals surface area contributed by atoms with Crippen LogP contribution in [-0.2, 0) is 0 Å². The Hall–Kier alpha value is -1.67. The summed E-state index contributed by atoms with van der Waals surface area (Å²) >= 11 is 5.60. The van der Waals surface area contributed by atoms with Gasteiger partial charge in [-0.1, -0.05) is 34.1 Å². The lowest BCUT2D eigenvalue weighted by Crippen LogP contribution is -2.16. The van der Waals surface area contributed by atoms with Gasteiger partial charge in [-0.2, -0.15) is 5.10 Å². The average molecular weight is 469 g/mol. The summed E-state index contributed by atoms with van der Waals surface area (Å²) in [7, 11) is 0. The lowest BCUT2D eigenvalue weighted by atomic mass is 10.2. The van der Waals surface area contributed by atoms with Gasteiger partial charge in [-0.05, 0) is 52.9 Å². The van der Waals surface area contributed by atoms with Crippen molar-refractivity contribution in [2.45, 2.75) is 0 Å². The van der Waals surface area contributed by atoms with E-state index in [2.05, 4.69) is 49.0 Å². The van der Waals surface area contributed by atoms with E-state index in [-0.39, 0.29) is 11.7 Å². The number of nitrogens with zero attached hydrogens (tertiary/aromatic N) is 1. The van der Waals surface area contributed by atoms with E-state index in [1.807, 2.05) is 42.5 Å². The van der Waals surface area contributed by atoms with E-state index >= 15 is 0 Å². The maximum atomic E-state index is 12.0. The van der Waals surface area contributed by atoms with Crippen LogP contribution in [0.3, 0.4) is 0 Å². The van der Waals surface area contributed by atoms with Gasteiger partial charge in [0.1, 0.15) is 5.58 Å². The summed E-state index contributed by atoms with van der Waals surface area (Å²) in [5.41, 5.74) is 4.08. The zero-order valence-corrected chi connectivity index (χ0v) is 15.0. The summed E-state index contributed by atoms with van der Waals surface area (Å²) in [6, 6.07) is 15.0. The van der Waals surface area contributed by atoms with E-state index in [0.717, 1.165) is 19.0 Å². The van der Waals surface area contributed by atoms with Gasteiger partial charge in [-0.25, -0.2) is 5.43 Å². The first-order valence-corrected chi connectivity index (χ1v) is 8.28. The second-order valence-electron chi connectivity index (χ2n) is 4.51. The zero-order valence-electron chi connectivity index (χ0n) is 11.2. The maximum absolute atomic E-state index is 12.0. The quantitative estimate of drug-likeness (QED) is 0.348. The highest BCUT2D eigenvalue weighted by Gasteiger charge is 2.11. The third-order valence-corrected chi connectivity index (χ3v) is 4.45. The Morgan fingerprint density at radius 2 is 2.05 bits per heavy atom. The van der Waals surface area contributed by atoms with Crippen LogP contribution in [-0.4, -0.2) is 12.1 Å². The number of halogens is 2. The van der Waals surface area contributed by atoms with Crippen LogP contribution in [0.25, 0.3) is 11.0 Å². The lowest BCUT2D eigenvalue weighted by Gasteiger charge is -1.97. The molecule has 0 aliphatic carbocycles. The maximum Gasteiger partial charge on any atom is 0.307 e. The van der Waals surface area contributed by atoms with Crippen molar-refractivity contribution < 1.29 is 9.21 Å². The third-order valence-electron chi connectivity index (χ3n) is 2.98. The molecule has 0 atom stereocenters. The number of furan rings is 1. The van der Waals surface area contributed by atoms with Crippen molar-refractivity contribution in [3.63, 3.8) is 0 Å². The summed E-state index contributed by atoms with van der Waals surface area (Å²) in [6.07, 6.45) is 1.61. The van der Waals surface area contributed by atoms with Gasteiger partial charge in [-0.3, -0.25) is 4.79 Å². The standard InChI is InChI=1S/C16H10BrIN2O2/c17-12-5-6-14-11(7-12)8-15(22-14)16(21)20-19-9-10-3-1-2-4-13(10)18/h1-9H,(H,20,21)/b19-9+. The predicted molar refractivity (Wildman–Crippen MR) is 98.1 cm³/mol. The Kier molecular flexibility index (Phi) is 4.58. The molecule has 0 saturated carbocycles. The van der Waals surface area contributed by atoms with E-state index in [0.29, 0.717) is 5.58 Å². The number of nitrogens with one attached hydrogen (secondary N) is 1. The summed E-state index contributed by atoms with van der Waals surface area (Å²) in [4.78, 5) is 12.0. The van der Waals surface area contributed by atoms with Crippen molar-refractivity contribution in [2.24, 2.45) is 5.10 Å². The van der Waals surface area contributed by atoms with Gasteiger partial charge in [0.05, 0.1) is 6.21 Å². The van der Waals surface area contributed by atoms with E-state index < -0.39 is 0 Å². The van der Waals surface area contributed by atoms with Gasteiger partial charge in [-0.15, -0.1) is 0 Å². The Balaban J connectivity index is 1.75. The first-order chi connectivity index (χ1) is 10.6. The largest absolute Gasteiger partial charge is 0.451 e. The number of amides is 1. The minimum absolute atomic E-state index is 0.230. The molecule has 1 N–H and O–H groups in total. The number of hydrazone groups is 1. The zero-order chi connectivity index (χ0) is 15.5. The van der Waals surface area contributed by atoms with Crippen molar-refractivity contribution in [1.29, 1.82) is 0 Å². The molecule has 0 aliphatic rings. The number of fused-ring (bicyclic) bond motifs is 1. The average Bonchev–Trinajstić information content (AvgIpc) is 2.92. The molecule has 0 bridgehead atoms. The molecule has 0 radical (unpaired) electrons. The van der Waals surface area contributed by atoms with Gasteiger partial charge in [0.15, 0.2) is 5.76 Å². The molecule has 22 heavy (non-hydrogen) atoms. The second-order valence-corrected chi connectivity index (χ2v) is 6.59. The SMILES string of the molecule is O=C(N/N=C/c1ccccc1I)c1cc2cc(Br)ccc2o1. The van der Waals surface area contributed by atoms with Crippen LogP contribution in [0.4, 0.5) is 0 Å². The highest BCUT2D eigenvalue weighted by atomic mass is 127. The van der Waals surface area contributed by atoms with Crippen LogP contribution >= 0.6 is 38.5 Å². The second kappa shape index (κ2) is 6.62. The molecule has 1 aromatic heterocycles. The number of hydrogen-bond acceptors (Lipinski definition) is 3. The smallest absolute Gasteiger partial charge is 0.307 e. The number of rotatable bonds is 3. The molecule has 4 nitrogen and oxygen atoms in total. The molecular formula is C16H10BrIN2O2. The van der Waals surface area contributed by atoms with Crippen molar-refractivity contribution >= 4 is 61.6 Å². The summed E-state index contributed by atoms with van der Waals surface area (Å²) in [5, 5.41) is 4.83. The molecule has 6 heteroatoms. The van der Waals surface area contributed by atoms with Gasteiger partial charge in [0, 0.05) is 19.0 Å². The monoisotopic (exact) mass is 468 g/mol. The molecule has 0 fully saturated rings. The molecule has 1 heterocycles. The first kappa shape index (κ1) is 15.2. The first-order valence-electron chi connectivity index (χ1n) is 6.40. The molecule has 2 aromatic carbocycles. The summed E-state index contributed by atoms with van der Waals surface area (Å²) < 4.78 is 7.50. The fourth-order valence-corrected chi connectivity index (χ4v) is 2.83. The highest BCUT2D eigenvalue weighted by molar-refractivity contribution is 14.1. The van der Waals surface area contributed by atoms with Crippen LogP contribution in [0.5, 0.6) is 0 Å². The molecule has 110 valence electrons. The third kappa shape index (κ3) is 3.38. The van der Waals surface area contributed by atoms with Crippen LogP contribution < -0.4 is 5.43 Å². The number of carbonyl (C=O) groups excluding carboxylic acids is 1. The molecule has 3 rings (SSSR count). The van der Waals surface area contributed by atoms with Gasteiger partial charge in [0.25, 0.3) is 0 Å². The van der Waals surface area contributed by atoms with Crippen LogP contribution in [0.1, 0.15) is 16.1 Å². The minimum atomic E-state index is -0.380. The minimum Gasteiger partial charge on any atom is -0.451 e. The summed E-state index contributed by atoms with van der Waals surface area (Å²) in [6.45, 7) is 0. The molecule has 0 saturated heterocycles. The number of hydrogen-bond donors (Lipinski definition) is 1. The lowest BCUT2D eigenvalue weighted by molar-refractivity contribution is 0.0929. The molecule has 1 amide bonds. The van der Waals surface area contributed by atoms with Crippen LogP contribution in [0, 0.1) is 3.57 Å². The number of carbonyl (C=O) groups is 1. The van der Waals surface area contributed by atoms with Crippen LogP contribution in [0.15, 0.2) is 62.5 Å². The van der Waals surface area contributed by atoms with Crippen molar-refractivity contribution in [2.75, 3.05) is 0 Å². The van der Waals surface area contributed by atoms with Crippen molar-refractivity contribution in [3.8, 4) is 0 Å². The molecular weight excluding hydrogens is 459 g/mol. The van der Waals surface area contributed by atoms with E-state index in [4.69, 9.17) is 4.42 Å². The fourth-order valence-electron chi connectivity index (χ4n) is 1.92. The number of benzene rings is 2. The normalized spacial score (nSPS) is 11.2. The Bertz CT molecular complexity index is 873. The van der Waals surface area contributed by atoms with E-state index in [1.165, 1.54) is 0 Å². The van der Waals surface area contributed by atoms with Gasteiger partial charge < -0.3 is 4.42 Å². The molecule has 0 spiro atoms. The van der Waals surface area contributed by atoms with Gasteiger partial charge in [0.2, 0.25) is 0 Å². The van der Waals surface area contributed by atoms with Crippen molar-refractivity contribution in [3.05, 3.63) is 67.9 Å². The van der Waals surface area contributed by atoms with E-state index in [1.54, 1.807) is 12.3 Å². The Morgan fingerprint density at radius 1 is 1.23 bits per heavy atom. The van der Waals surface area contributed by atoms with Gasteiger partial charge >= 0.3 is 5.91 Å². The molecule has 0 unspecified atom stereocenters. The summed E-state index contributed by atoms with van der Waals surface area (Å²) in [5.74, 6) is -0.150. The van der Waals surface area contributed by atoms with E-state index in [9.17, 15) is 4.79 Å². The molecule has 0 aliphatic heterocycles.